The number of nitrogens with one attached hydrogen (secondary N) is 1. The lowest BCUT2D eigenvalue weighted by molar-refractivity contribution is 0.105. The molecular weight excluding hydrogens is 226 g/mol. The minimum Gasteiger partial charge on any atom is -0.392 e. The second-order valence-corrected chi connectivity index (χ2v) is 6.30. The first-order chi connectivity index (χ1) is 8.60. The van der Waals surface area contributed by atoms with Crippen molar-refractivity contribution in [2.24, 2.45) is 0 Å². The largest absolute Gasteiger partial charge is 0.392 e. The van der Waals surface area contributed by atoms with Crippen LogP contribution in [0.5, 0.6) is 0 Å². The van der Waals surface area contributed by atoms with Gasteiger partial charge in [-0.2, -0.15) is 0 Å². The van der Waals surface area contributed by atoms with E-state index in [0.29, 0.717) is 18.1 Å². The topological polar surface area (TPSA) is 38.7 Å². The maximum atomic E-state index is 9.94. The van der Waals surface area contributed by atoms with E-state index in [4.69, 9.17) is 0 Å². The molecule has 2 rings (SSSR count). The van der Waals surface area contributed by atoms with Gasteiger partial charge >= 0.3 is 0 Å². The highest BCUT2D eigenvalue weighted by molar-refractivity contribution is 4.93. The van der Waals surface area contributed by atoms with Crippen molar-refractivity contribution >= 4 is 0 Å². The Balaban J connectivity index is 1.90. The monoisotopic (exact) mass is 255 g/mol. The zero-order valence-corrected chi connectivity index (χ0v) is 12.1. The molecule has 18 heavy (non-hydrogen) atoms. The number of β-amino-alcohol motifs (C(OH)–C–C–N with tert-alkyl or cyclic N) is 1. The van der Waals surface area contributed by atoms with E-state index in [1.165, 1.54) is 25.7 Å². The lowest BCUT2D eigenvalue weighted by Gasteiger charge is -2.38. The summed E-state index contributed by atoms with van der Waals surface area (Å²) < 4.78 is 0. The molecule has 2 fully saturated rings. The van der Waals surface area contributed by atoms with Crippen molar-refractivity contribution in [2.45, 2.75) is 56.3 Å². The van der Waals surface area contributed by atoms with E-state index in [1.807, 2.05) is 0 Å². The predicted octanol–water partition coefficient (Wildman–Crippen LogP) is 0.514. The van der Waals surface area contributed by atoms with Gasteiger partial charge in [0.1, 0.15) is 0 Å². The third-order valence-electron chi connectivity index (χ3n) is 4.58. The van der Waals surface area contributed by atoms with Crippen LogP contribution in [0, 0.1) is 0 Å². The second-order valence-electron chi connectivity index (χ2n) is 6.30. The standard InChI is InChI=1S/C14H29N3O/c1-15-11-4-6-12(7-5-11)17-10-14(18)8-13(17)9-16(2)3/h11-15,18H,4-10H2,1-3H3. The summed E-state index contributed by atoms with van der Waals surface area (Å²) in [6, 6.07) is 1.95. The molecule has 0 aromatic carbocycles. The third-order valence-corrected chi connectivity index (χ3v) is 4.58. The molecule has 1 heterocycles. The summed E-state index contributed by atoms with van der Waals surface area (Å²) in [5, 5.41) is 13.3. The minimum atomic E-state index is -0.114. The van der Waals surface area contributed by atoms with Crippen molar-refractivity contribution < 1.29 is 5.11 Å². The maximum Gasteiger partial charge on any atom is 0.0682 e. The van der Waals surface area contributed by atoms with Crippen molar-refractivity contribution in [3.63, 3.8) is 0 Å². The molecule has 0 bridgehead atoms. The van der Waals surface area contributed by atoms with Crippen molar-refractivity contribution in [3.05, 3.63) is 0 Å². The van der Waals surface area contributed by atoms with Crippen molar-refractivity contribution in [2.75, 3.05) is 34.2 Å². The summed E-state index contributed by atoms with van der Waals surface area (Å²) in [6.07, 6.45) is 5.95. The smallest absolute Gasteiger partial charge is 0.0682 e. The number of aliphatic hydroxyl groups excluding tert-OH is 1. The number of likely N-dealkylation sites (N-methyl/N-ethyl adjacent to an activating group) is 1. The molecule has 1 saturated heterocycles. The molecule has 2 aliphatic rings. The van der Waals surface area contributed by atoms with Crippen molar-refractivity contribution in [1.29, 1.82) is 0 Å². The van der Waals surface area contributed by atoms with E-state index in [-0.39, 0.29) is 6.10 Å². The van der Waals surface area contributed by atoms with Crippen LogP contribution >= 0.6 is 0 Å². The van der Waals surface area contributed by atoms with Crippen LogP contribution in [0.25, 0.3) is 0 Å². The van der Waals surface area contributed by atoms with Gasteiger partial charge in [-0.1, -0.05) is 0 Å². The number of nitrogens with zero attached hydrogens (tertiary/aromatic N) is 2. The fraction of sp³-hybridized carbons (Fsp3) is 1.00. The molecule has 4 heteroatoms. The Morgan fingerprint density at radius 3 is 2.44 bits per heavy atom. The molecule has 4 nitrogen and oxygen atoms in total. The number of hydrogen-bond donors (Lipinski definition) is 2. The van der Waals surface area contributed by atoms with E-state index in [2.05, 4.69) is 36.3 Å². The second kappa shape index (κ2) is 6.33. The van der Waals surface area contributed by atoms with Gasteiger partial charge in [-0.3, -0.25) is 4.90 Å². The van der Waals surface area contributed by atoms with Crippen LogP contribution < -0.4 is 5.32 Å². The highest BCUT2D eigenvalue weighted by atomic mass is 16.3. The number of hydrogen-bond acceptors (Lipinski definition) is 4. The summed E-state index contributed by atoms with van der Waals surface area (Å²) in [5.74, 6) is 0. The summed E-state index contributed by atoms with van der Waals surface area (Å²) in [4.78, 5) is 4.82. The molecule has 1 saturated carbocycles. The van der Waals surface area contributed by atoms with Gasteiger partial charge in [0.05, 0.1) is 6.10 Å². The fourth-order valence-corrected chi connectivity index (χ4v) is 3.66. The third kappa shape index (κ3) is 3.44. The van der Waals surface area contributed by atoms with Gasteiger partial charge in [0.15, 0.2) is 0 Å². The molecule has 0 aromatic rings. The minimum absolute atomic E-state index is 0.114. The Hall–Kier alpha value is -0.160. The lowest BCUT2D eigenvalue weighted by atomic mass is 9.90. The molecule has 1 aliphatic carbocycles. The first kappa shape index (κ1) is 14.3. The predicted molar refractivity (Wildman–Crippen MR) is 74.8 cm³/mol. The normalized spacial score (nSPS) is 38.5. The molecule has 2 N–H and O–H groups in total. The zero-order valence-electron chi connectivity index (χ0n) is 12.1. The van der Waals surface area contributed by atoms with Crippen LogP contribution in [0.3, 0.4) is 0 Å². The SMILES string of the molecule is CNC1CCC(N2CC(O)CC2CN(C)C)CC1. The van der Waals surface area contributed by atoms with Crippen LogP contribution in [0.1, 0.15) is 32.1 Å². The van der Waals surface area contributed by atoms with E-state index in [0.717, 1.165) is 19.5 Å². The van der Waals surface area contributed by atoms with Gasteiger partial charge in [-0.15, -0.1) is 0 Å². The Morgan fingerprint density at radius 1 is 1.22 bits per heavy atom. The molecule has 1 aliphatic heterocycles. The van der Waals surface area contributed by atoms with Gasteiger partial charge in [0.25, 0.3) is 0 Å². The van der Waals surface area contributed by atoms with Crippen LogP contribution in [-0.2, 0) is 0 Å². The van der Waals surface area contributed by atoms with Crippen molar-refractivity contribution in [1.82, 2.24) is 15.1 Å². The summed E-state index contributed by atoms with van der Waals surface area (Å²) in [5.41, 5.74) is 0. The molecule has 0 amide bonds. The van der Waals surface area contributed by atoms with Gasteiger partial charge in [0.2, 0.25) is 0 Å². The summed E-state index contributed by atoms with van der Waals surface area (Å²) in [7, 11) is 6.32. The average molecular weight is 255 g/mol. The van der Waals surface area contributed by atoms with Crippen LogP contribution in [-0.4, -0.2) is 73.4 Å². The highest BCUT2D eigenvalue weighted by Gasteiger charge is 2.36. The average Bonchev–Trinajstić information content (AvgIpc) is 2.69. The first-order valence-electron chi connectivity index (χ1n) is 7.36. The van der Waals surface area contributed by atoms with E-state index in [1.54, 1.807) is 0 Å². The first-order valence-corrected chi connectivity index (χ1v) is 7.36. The van der Waals surface area contributed by atoms with Crippen LogP contribution in [0.2, 0.25) is 0 Å². The van der Waals surface area contributed by atoms with Crippen LogP contribution in [0.4, 0.5) is 0 Å². The van der Waals surface area contributed by atoms with E-state index < -0.39 is 0 Å². The number of likely N-dealkylation sites (tertiary alicyclic amines) is 1. The van der Waals surface area contributed by atoms with Crippen molar-refractivity contribution in [3.8, 4) is 0 Å². The number of rotatable bonds is 4. The molecule has 106 valence electrons. The summed E-state index contributed by atoms with van der Waals surface area (Å²) >= 11 is 0. The Morgan fingerprint density at radius 2 is 1.89 bits per heavy atom. The van der Waals surface area contributed by atoms with Gasteiger partial charge < -0.3 is 15.3 Å². The maximum absolute atomic E-state index is 9.94. The molecule has 0 spiro atoms. The molecule has 0 aromatic heterocycles. The van der Waals surface area contributed by atoms with E-state index >= 15 is 0 Å². The van der Waals surface area contributed by atoms with Gasteiger partial charge in [0, 0.05) is 31.2 Å². The molecule has 0 radical (unpaired) electrons. The summed E-state index contributed by atoms with van der Waals surface area (Å²) in [6.45, 7) is 1.95. The molecule has 2 atom stereocenters. The molecule has 2 unspecified atom stereocenters. The Bertz CT molecular complexity index is 251. The van der Waals surface area contributed by atoms with Gasteiger partial charge in [-0.25, -0.2) is 0 Å². The lowest BCUT2D eigenvalue weighted by Crippen LogP contribution is -2.47. The zero-order chi connectivity index (χ0) is 13.1. The molecular formula is C14H29N3O. The Kier molecular flexibility index (Phi) is 5.01. The van der Waals surface area contributed by atoms with Gasteiger partial charge in [-0.05, 0) is 53.2 Å². The van der Waals surface area contributed by atoms with Crippen LogP contribution in [0.15, 0.2) is 0 Å². The quantitative estimate of drug-likeness (QED) is 0.768. The highest BCUT2D eigenvalue weighted by Crippen LogP contribution is 2.29. The number of aliphatic hydroxyl groups is 1. The van der Waals surface area contributed by atoms with E-state index in [9.17, 15) is 5.11 Å². The Labute approximate surface area is 111 Å². The fourth-order valence-electron chi connectivity index (χ4n) is 3.66.